The van der Waals surface area contributed by atoms with Gasteiger partial charge in [-0.3, -0.25) is 9.48 Å². The maximum Gasteiger partial charge on any atom is 0.274 e. The molecule has 2 aromatic carbocycles. The third-order valence-electron chi connectivity index (χ3n) is 5.61. The molecular formula is C24H27FN4O. The summed E-state index contributed by atoms with van der Waals surface area (Å²) in [6, 6.07) is 17.1. The summed E-state index contributed by atoms with van der Waals surface area (Å²) in [5, 5.41) is 8.25. The molecule has 1 aliphatic rings. The lowest BCUT2D eigenvalue weighted by Gasteiger charge is -2.25. The molecule has 1 unspecified atom stereocenters. The Hall–Kier alpha value is -2.99. The van der Waals surface area contributed by atoms with Crippen LogP contribution in [0, 0.1) is 5.82 Å². The highest BCUT2D eigenvalue weighted by Gasteiger charge is 2.29. The Bertz CT molecular complexity index is 1030. The summed E-state index contributed by atoms with van der Waals surface area (Å²) in [5.74, 6) is -0.287. The fourth-order valence-corrected chi connectivity index (χ4v) is 4.04. The maximum atomic E-state index is 13.4. The summed E-state index contributed by atoms with van der Waals surface area (Å²) in [6.07, 6.45) is 2.56. The number of nitrogens with zero attached hydrogens (tertiary/aromatic N) is 3. The molecule has 1 amide bonds. The van der Waals surface area contributed by atoms with Gasteiger partial charge in [0, 0.05) is 37.9 Å². The van der Waals surface area contributed by atoms with E-state index in [1.807, 2.05) is 28.9 Å². The molecule has 0 radical (unpaired) electrons. The molecule has 1 atom stereocenters. The van der Waals surface area contributed by atoms with E-state index < -0.39 is 0 Å². The molecule has 1 heterocycles. The minimum atomic E-state index is -0.221. The molecule has 156 valence electrons. The number of hydrogen-bond acceptors (Lipinski definition) is 3. The molecule has 30 heavy (non-hydrogen) atoms. The van der Waals surface area contributed by atoms with Crippen molar-refractivity contribution in [1.29, 1.82) is 0 Å². The summed E-state index contributed by atoms with van der Waals surface area (Å²) in [6.45, 7) is 1.26. The second kappa shape index (κ2) is 8.79. The van der Waals surface area contributed by atoms with Gasteiger partial charge < -0.3 is 10.2 Å². The van der Waals surface area contributed by atoms with E-state index >= 15 is 0 Å². The number of amides is 1. The third-order valence-corrected chi connectivity index (χ3v) is 5.61. The van der Waals surface area contributed by atoms with E-state index in [4.69, 9.17) is 5.10 Å². The second-order valence-corrected chi connectivity index (χ2v) is 8.07. The summed E-state index contributed by atoms with van der Waals surface area (Å²) in [7, 11) is 3.51. The molecule has 0 spiro atoms. The van der Waals surface area contributed by atoms with Crippen molar-refractivity contribution in [2.75, 3.05) is 14.1 Å². The van der Waals surface area contributed by atoms with Gasteiger partial charge in [-0.05, 0) is 42.5 Å². The molecule has 3 aromatic rings. The highest BCUT2D eigenvalue weighted by atomic mass is 19.1. The van der Waals surface area contributed by atoms with Crippen LogP contribution < -0.4 is 5.32 Å². The predicted octanol–water partition coefficient (Wildman–Crippen LogP) is 3.42. The molecule has 0 fully saturated rings. The van der Waals surface area contributed by atoms with Crippen LogP contribution in [-0.2, 0) is 25.9 Å². The quantitative estimate of drug-likeness (QED) is 0.683. The van der Waals surface area contributed by atoms with E-state index in [-0.39, 0.29) is 17.8 Å². The van der Waals surface area contributed by atoms with Crippen LogP contribution in [0.5, 0.6) is 0 Å². The molecular weight excluding hydrogens is 379 g/mol. The van der Waals surface area contributed by atoms with Gasteiger partial charge in [0.15, 0.2) is 5.69 Å². The molecule has 0 saturated heterocycles. The molecule has 5 nitrogen and oxygen atoms in total. The molecule has 0 bridgehead atoms. The van der Waals surface area contributed by atoms with Crippen molar-refractivity contribution in [1.82, 2.24) is 20.0 Å². The average Bonchev–Trinajstić information content (AvgIpc) is 3.10. The minimum Gasteiger partial charge on any atom is -0.343 e. The average molecular weight is 407 g/mol. The Kier molecular flexibility index (Phi) is 5.95. The van der Waals surface area contributed by atoms with Gasteiger partial charge in [-0.2, -0.15) is 5.10 Å². The Morgan fingerprint density at radius 1 is 1.17 bits per heavy atom. The van der Waals surface area contributed by atoms with Crippen LogP contribution >= 0.6 is 0 Å². The van der Waals surface area contributed by atoms with Crippen LogP contribution in [0.3, 0.4) is 0 Å². The number of carbonyl (C=O) groups excluding carboxylic acids is 1. The van der Waals surface area contributed by atoms with Crippen LogP contribution in [0.4, 0.5) is 4.39 Å². The Morgan fingerprint density at radius 2 is 1.93 bits per heavy atom. The zero-order valence-corrected chi connectivity index (χ0v) is 17.4. The zero-order valence-electron chi connectivity index (χ0n) is 17.4. The summed E-state index contributed by atoms with van der Waals surface area (Å²) < 4.78 is 15.4. The third kappa shape index (κ3) is 4.44. The number of rotatable bonds is 6. The fraction of sp³-hybridized carbons (Fsp3) is 0.333. The van der Waals surface area contributed by atoms with Crippen molar-refractivity contribution in [2.45, 2.75) is 38.4 Å². The highest BCUT2D eigenvalue weighted by molar-refractivity contribution is 5.93. The smallest absolute Gasteiger partial charge is 0.274 e. The lowest BCUT2D eigenvalue weighted by Crippen LogP contribution is -2.35. The van der Waals surface area contributed by atoms with Crippen LogP contribution in [0.25, 0.3) is 0 Å². The Balaban J connectivity index is 1.55. The van der Waals surface area contributed by atoms with E-state index in [2.05, 4.69) is 17.4 Å². The molecule has 0 saturated carbocycles. The van der Waals surface area contributed by atoms with E-state index in [9.17, 15) is 9.18 Å². The zero-order chi connectivity index (χ0) is 21.1. The van der Waals surface area contributed by atoms with Crippen LogP contribution in [0.15, 0.2) is 54.6 Å². The molecule has 4 rings (SSSR count). The number of fused-ring (bicyclic) bond motifs is 1. The number of carbonyl (C=O) groups is 1. The first-order valence-electron chi connectivity index (χ1n) is 10.3. The second-order valence-electron chi connectivity index (χ2n) is 8.07. The largest absolute Gasteiger partial charge is 0.343 e. The first-order chi connectivity index (χ1) is 14.5. The van der Waals surface area contributed by atoms with Crippen molar-refractivity contribution >= 4 is 5.91 Å². The van der Waals surface area contributed by atoms with Gasteiger partial charge in [-0.15, -0.1) is 0 Å². The summed E-state index contributed by atoms with van der Waals surface area (Å²) >= 11 is 0. The van der Waals surface area contributed by atoms with Crippen molar-refractivity contribution in [2.24, 2.45) is 0 Å². The highest BCUT2D eigenvalue weighted by Crippen LogP contribution is 2.26. The monoisotopic (exact) mass is 406 g/mol. The number of halogens is 1. The van der Waals surface area contributed by atoms with Crippen molar-refractivity contribution < 1.29 is 9.18 Å². The van der Waals surface area contributed by atoms with Crippen LogP contribution in [0.2, 0.25) is 0 Å². The van der Waals surface area contributed by atoms with Gasteiger partial charge in [-0.25, -0.2) is 4.39 Å². The Labute approximate surface area is 176 Å². The fourth-order valence-electron chi connectivity index (χ4n) is 4.04. The first-order valence-corrected chi connectivity index (χ1v) is 10.3. The van der Waals surface area contributed by atoms with E-state index in [0.717, 1.165) is 41.6 Å². The molecule has 0 aliphatic heterocycles. The summed E-state index contributed by atoms with van der Waals surface area (Å²) in [5.41, 5.74) is 4.81. The number of benzene rings is 2. The molecule has 1 aromatic heterocycles. The Morgan fingerprint density at radius 3 is 2.67 bits per heavy atom. The van der Waals surface area contributed by atoms with Gasteiger partial charge >= 0.3 is 0 Å². The van der Waals surface area contributed by atoms with E-state index in [1.54, 1.807) is 31.1 Å². The lowest BCUT2D eigenvalue weighted by molar-refractivity contribution is 0.0820. The molecule has 6 heteroatoms. The van der Waals surface area contributed by atoms with E-state index in [0.29, 0.717) is 18.8 Å². The number of hydrogen-bond donors (Lipinski definition) is 1. The van der Waals surface area contributed by atoms with Crippen molar-refractivity contribution in [3.05, 3.63) is 88.5 Å². The first kappa shape index (κ1) is 20.3. The maximum absolute atomic E-state index is 13.4. The van der Waals surface area contributed by atoms with Crippen LogP contribution in [-0.4, -0.2) is 40.7 Å². The van der Waals surface area contributed by atoms with Crippen molar-refractivity contribution in [3.8, 4) is 0 Å². The number of nitrogens with one attached hydrogen (secondary N) is 1. The van der Waals surface area contributed by atoms with Gasteiger partial charge in [0.05, 0.1) is 6.54 Å². The predicted molar refractivity (Wildman–Crippen MR) is 115 cm³/mol. The molecule has 1 aliphatic carbocycles. The van der Waals surface area contributed by atoms with Gasteiger partial charge in [0.2, 0.25) is 0 Å². The minimum absolute atomic E-state index is 0.0659. The topological polar surface area (TPSA) is 50.2 Å². The summed E-state index contributed by atoms with van der Waals surface area (Å²) in [4.78, 5) is 14.4. The van der Waals surface area contributed by atoms with Gasteiger partial charge in [0.1, 0.15) is 5.82 Å². The van der Waals surface area contributed by atoms with Crippen molar-refractivity contribution in [3.63, 3.8) is 0 Å². The van der Waals surface area contributed by atoms with Gasteiger partial charge in [-0.1, -0.05) is 42.5 Å². The normalized spacial score (nSPS) is 15.6. The van der Waals surface area contributed by atoms with Crippen LogP contribution in [0.1, 0.15) is 39.3 Å². The molecule has 1 N–H and O–H groups in total. The number of aromatic nitrogens is 2. The standard InChI is InChI=1S/C24H27FN4O/c1-28(2)24(30)23-21-14-20(26-15-18-9-6-10-19(25)13-18)11-12-22(21)29(27-23)16-17-7-4-3-5-8-17/h3-10,13,20,26H,11-12,14-16H2,1-2H3. The van der Waals surface area contributed by atoms with Gasteiger partial charge in [0.25, 0.3) is 5.91 Å². The lowest BCUT2D eigenvalue weighted by atomic mass is 9.91. The van der Waals surface area contributed by atoms with E-state index in [1.165, 1.54) is 6.07 Å². The SMILES string of the molecule is CN(C)C(=O)c1nn(Cc2ccccc2)c2c1CC(NCc1cccc(F)c1)CC2.